The summed E-state index contributed by atoms with van der Waals surface area (Å²) in [6.07, 6.45) is -4.41. The fourth-order valence-corrected chi connectivity index (χ4v) is 2.57. The van der Waals surface area contributed by atoms with Crippen LogP contribution in [0.5, 0.6) is 5.75 Å². The van der Waals surface area contributed by atoms with Crippen molar-refractivity contribution >= 4 is 11.4 Å². The van der Waals surface area contributed by atoms with Crippen LogP contribution in [0.3, 0.4) is 0 Å². The average molecular weight is 396 g/mol. The van der Waals surface area contributed by atoms with Gasteiger partial charge in [0.05, 0.1) is 5.56 Å². The molecule has 0 aliphatic carbocycles. The number of rotatable bonds is 11. The minimum Gasteiger partial charge on any atom is -0.489 e. The van der Waals surface area contributed by atoms with Crippen molar-refractivity contribution in [3.05, 3.63) is 53.6 Å². The second-order valence-electron chi connectivity index (χ2n) is 6.29. The fraction of sp³-hybridized carbons (Fsp3) is 0.400. The summed E-state index contributed by atoms with van der Waals surface area (Å²) in [6, 6.07) is 11.3. The summed E-state index contributed by atoms with van der Waals surface area (Å²) in [5.41, 5.74) is 1.08. The third-order valence-corrected chi connectivity index (χ3v) is 3.97. The number of likely N-dealkylation sites (N-methyl/N-ethyl adjacent to an activating group) is 2. The molecule has 0 saturated heterocycles. The fourth-order valence-electron chi connectivity index (χ4n) is 2.57. The Bertz CT molecular complexity index is 738. The lowest BCUT2D eigenvalue weighted by molar-refractivity contribution is -0.137. The number of anilines is 2. The monoisotopic (exact) mass is 396 g/mol. The third kappa shape index (κ3) is 7.28. The molecule has 2 rings (SSSR count). The summed E-state index contributed by atoms with van der Waals surface area (Å²) in [6.45, 7) is 2.80. The number of hydrogen-bond donors (Lipinski definition) is 4. The van der Waals surface area contributed by atoms with Gasteiger partial charge in [0, 0.05) is 43.6 Å². The number of alkyl halides is 3. The summed E-state index contributed by atoms with van der Waals surface area (Å²) in [4.78, 5) is 0. The summed E-state index contributed by atoms with van der Waals surface area (Å²) in [5, 5.41) is 12.2. The molecule has 2 aromatic rings. The Labute approximate surface area is 163 Å². The van der Waals surface area contributed by atoms with E-state index in [1.165, 1.54) is 0 Å². The summed E-state index contributed by atoms with van der Waals surface area (Å²) < 4.78 is 45.3. The lowest BCUT2D eigenvalue weighted by atomic mass is 10.1. The maximum Gasteiger partial charge on any atom is 0.416 e. The largest absolute Gasteiger partial charge is 0.489 e. The number of nitrogens with one attached hydrogen (secondary N) is 4. The van der Waals surface area contributed by atoms with Gasteiger partial charge in [-0.15, -0.1) is 0 Å². The average Bonchev–Trinajstić information content (AvgIpc) is 2.66. The summed E-state index contributed by atoms with van der Waals surface area (Å²) in [7, 11) is 3.66. The van der Waals surface area contributed by atoms with Gasteiger partial charge in [-0.1, -0.05) is 6.07 Å². The van der Waals surface area contributed by atoms with E-state index < -0.39 is 11.7 Å². The molecule has 2 aromatic carbocycles. The molecule has 28 heavy (non-hydrogen) atoms. The van der Waals surface area contributed by atoms with Crippen LogP contribution in [0.25, 0.3) is 0 Å². The molecule has 0 bridgehead atoms. The Morgan fingerprint density at radius 3 is 2.14 bits per heavy atom. The van der Waals surface area contributed by atoms with Gasteiger partial charge in [-0.2, -0.15) is 13.2 Å². The highest BCUT2D eigenvalue weighted by Crippen LogP contribution is 2.32. The molecule has 0 aliphatic rings. The van der Waals surface area contributed by atoms with Crippen molar-refractivity contribution in [2.75, 3.05) is 50.9 Å². The predicted octanol–water partition coefficient (Wildman–Crippen LogP) is 3.55. The van der Waals surface area contributed by atoms with Gasteiger partial charge in [-0.25, -0.2) is 0 Å². The van der Waals surface area contributed by atoms with Gasteiger partial charge in [0.15, 0.2) is 0 Å². The van der Waals surface area contributed by atoms with Crippen LogP contribution >= 0.6 is 0 Å². The highest BCUT2D eigenvalue weighted by atomic mass is 19.4. The summed E-state index contributed by atoms with van der Waals surface area (Å²) in [5.74, 6) is 0.594. The molecule has 154 valence electrons. The first kappa shape index (κ1) is 21.8. The molecule has 5 nitrogen and oxygen atoms in total. The van der Waals surface area contributed by atoms with Gasteiger partial charge in [0.2, 0.25) is 0 Å². The van der Waals surface area contributed by atoms with Crippen LogP contribution in [-0.4, -0.2) is 40.3 Å². The van der Waals surface area contributed by atoms with Crippen molar-refractivity contribution in [1.82, 2.24) is 10.6 Å². The SMILES string of the molecule is CNCCNc1cccc(OCc2cc(NCCNC)cc(C(F)(F)F)c2)c1. The molecule has 0 atom stereocenters. The van der Waals surface area contributed by atoms with Crippen molar-refractivity contribution in [3.63, 3.8) is 0 Å². The zero-order valence-electron chi connectivity index (χ0n) is 16.1. The zero-order valence-corrected chi connectivity index (χ0v) is 16.1. The number of benzene rings is 2. The molecule has 4 N–H and O–H groups in total. The lowest BCUT2D eigenvalue weighted by Crippen LogP contribution is -2.18. The van der Waals surface area contributed by atoms with Crippen LogP contribution < -0.4 is 26.0 Å². The van der Waals surface area contributed by atoms with Crippen LogP contribution in [0.15, 0.2) is 42.5 Å². The number of halogens is 3. The topological polar surface area (TPSA) is 57.4 Å². The van der Waals surface area contributed by atoms with Crippen molar-refractivity contribution in [2.45, 2.75) is 12.8 Å². The second-order valence-corrected chi connectivity index (χ2v) is 6.29. The zero-order chi connectivity index (χ0) is 20.4. The Morgan fingerprint density at radius 2 is 1.50 bits per heavy atom. The second kappa shape index (κ2) is 10.8. The van der Waals surface area contributed by atoms with Gasteiger partial charge < -0.3 is 26.0 Å². The first-order valence-corrected chi connectivity index (χ1v) is 9.13. The molecule has 0 heterocycles. The normalized spacial score (nSPS) is 11.3. The van der Waals surface area contributed by atoms with Crippen molar-refractivity contribution in [1.29, 1.82) is 0 Å². The van der Waals surface area contributed by atoms with Crippen LogP contribution in [0.2, 0.25) is 0 Å². The molecule has 8 heteroatoms. The van der Waals surface area contributed by atoms with Crippen LogP contribution in [0.4, 0.5) is 24.5 Å². The van der Waals surface area contributed by atoms with Gasteiger partial charge in [0.25, 0.3) is 0 Å². The third-order valence-electron chi connectivity index (χ3n) is 3.97. The molecule has 0 saturated carbocycles. The first-order valence-electron chi connectivity index (χ1n) is 9.13. The molecule has 0 fully saturated rings. The molecule has 0 radical (unpaired) electrons. The van der Waals surface area contributed by atoms with Crippen LogP contribution in [0, 0.1) is 0 Å². The van der Waals surface area contributed by atoms with E-state index in [1.807, 2.05) is 25.2 Å². The van der Waals surface area contributed by atoms with E-state index in [1.54, 1.807) is 19.2 Å². The van der Waals surface area contributed by atoms with Crippen molar-refractivity contribution in [2.24, 2.45) is 0 Å². The Morgan fingerprint density at radius 1 is 0.821 bits per heavy atom. The molecule has 0 aliphatic heterocycles. The highest BCUT2D eigenvalue weighted by Gasteiger charge is 2.31. The van der Waals surface area contributed by atoms with E-state index in [-0.39, 0.29) is 6.61 Å². The van der Waals surface area contributed by atoms with E-state index in [2.05, 4.69) is 21.3 Å². The molecular formula is C20H27F3N4O. The first-order chi connectivity index (χ1) is 13.4. The van der Waals surface area contributed by atoms with Crippen LogP contribution in [0.1, 0.15) is 11.1 Å². The lowest BCUT2D eigenvalue weighted by Gasteiger charge is -2.15. The highest BCUT2D eigenvalue weighted by molar-refractivity contribution is 5.50. The molecule has 0 unspecified atom stereocenters. The van der Waals surface area contributed by atoms with Gasteiger partial charge in [0.1, 0.15) is 12.4 Å². The summed E-state index contributed by atoms with van der Waals surface area (Å²) >= 11 is 0. The number of ether oxygens (including phenoxy) is 1. The molecule has 0 aromatic heterocycles. The van der Waals surface area contributed by atoms with Crippen molar-refractivity contribution in [3.8, 4) is 5.75 Å². The smallest absolute Gasteiger partial charge is 0.416 e. The Hall–Kier alpha value is -2.45. The predicted molar refractivity (Wildman–Crippen MR) is 107 cm³/mol. The standard InChI is InChI=1S/C20H27F3N4O/c1-24-6-8-26-17-4-3-5-19(13-17)28-14-15-10-16(20(21,22)23)12-18(11-15)27-9-7-25-2/h3-5,10-13,24-27H,6-9,14H2,1-2H3. The van der Waals surface area contributed by atoms with Gasteiger partial charge >= 0.3 is 6.18 Å². The Balaban J connectivity index is 2.07. The van der Waals surface area contributed by atoms with E-state index >= 15 is 0 Å². The minimum absolute atomic E-state index is 0.0462. The van der Waals surface area contributed by atoms with Crippen molar-refractivity contribution < 1.29 is 17.9 Å². The molecule has 0 spiro atoms. The maximum absolute atomic E-state index is 13.2. The van der Waals surface area contributed by atoms with Gasteiger partial charge in [-0.3, -0.25) is 0 Å². The molecular weight excluding hydrogens is 369 g/mol. The van der Waals surface area contributed by atoms with E-state index in [0.717, 1.165) is 30.9 Å². The van der Waals surface area contributed by atoms with E-state index in [9.17, 15) is 13.2 Å². The van der Waals surface area contributed by atoms with Gasteiger partial charge in [-0.05, 0) is 50.0 Å². The van der Waals surface area contributed by atoms with Crippen LogP contribution in [-0.2, 0) is 12.8 Å². The number of hydrogen-bond acceptors (Lipinski definition) is 5. The quantitative estimate of drug-likeness (QED) is 0.438. The van der Waals surface area contributed by atoms with E-state index in [4.69, 9.17) is 4.74 Å². The van der Waals surface area contributed by atoms with E-state index in [0.29, 0.717) is 30.1 Å². The Kier molecular flexibility index (Phi) is 8.41. The maximum atomic E-state index is 13.2. The minimum atomic E-state index is -4.41. The molecule has 0 amide bonds.